The van der Waals surface area contributed by atoms with Gasteiger partial charge in [-0.1, -0.05) is 42.5 Å². The number of fused-ring (bicyclic) bond motifs is 1. The van der Waals surface area contributed by atoms with Gasteiger partial charge in [0.15, 0.2) is 0 Å². The molecule has 29 heavy (non-hydrogen) atoms. The second-order valence-corrected chi connectivity index (χ2v) is 7.92. The lowest BCUT2D eigenvalue weighted by atomic mass is 9.81. The lowest BCUT2D eigenvalue weighted by Gasteiger charge is -2.35. The molecule has 1 amide bonds. The van der Waals surface area contributed by atoms with Crippen molar-refractivity contribution < 1.29 is 4.79 Å². The molecule has 1 aromatic heterocycles. The quantitative estimate of drug-likeness (QED) is 0.663. The third-order valence-corrected chi connectivity index (χ3v) is 6.21. The first kappa shape index (κ1) is 19.4. The van der Waals surface area contributed by atoms with E-state index in [0.29, 0.717) is 30.3 Å². The largest absolute Gasteiger partial charge is 0.343 e. The van der Waals surface area contributed by atoms with Gasteiger partial charge in [0.2, 0.25) is 11.3 Å². The summed E-state index contributed by atoms with van der Waals surface area (Å²) in [6.07, 6.45) is 6.05. The Morgan fingerprint density at radius 3 is 2.48 bits per heavy atom. The Kier molecular flexibility index (Phi) is 5.74. The first-order valence-corrected chi connectivity index (χ1v) is 10.4. The maximum absolute atomic E-state index is 12.8. The zero-order chi connectivity index (χ0) is 20.2. The van der Waals surface area contributed by atoms with Crippen LogP contribution in [-0.2, 0) is 11.3 Å². The van der Waals surface area contributed by atoms with E-state index in [9.17, 15) is 9.59 Å². The van der Waals surface area contributed by atoms with Crippen LogP contribution in [0.1, 0.15) is 43.6 Å². The Bertz CT molecular complexity index is 1040. The van der Waals surface area contributed by atoms with E-state index in [1.165, 1.54) is 11.8 Å². The molecule has 0 spiro atoms. The van der Waals surface area contributed by atoms with E-state index in [1.54, 1.807) is 10.7 Å². The maximum Gasteiger partial charge on any atom is 0.224 e. The molecule has 5 heteroatoms. The molecule has 0 bridgehead atoms. The van der Waals surface area contributed by atoms with Gasteiger partial charge in [0.05, 0.1) is 18.3 Å². The van der Waals surface area contributed by atoms with Crippen molar-refractivity contribution in [1.82, 2.24) is 14.7 Å². The monoisotopic (exact) mass is 389 g/mol. The van der Waals surface area contributed by atoms with Gasteiger partial charge in [-0.05, 0) is 49.3 Å². The van der Waals surface area contributed by atoms with E-state index in [1.807, 2.05) is 30.1 Å². The molecule has 0 saturated heterocycles. The predicted octanol–water partition coefficient (Wildman–Crippen LogP) is 3.97. The van der Waals surface area contributed by atoms with Crippen molar-refractivity contribution in [2.24, 2.45) is 0 Å². The molecule has 1 heterocycles. The van der Waals surface area contributed by atoms with E-state index in [4.69, 9.17) is 0 Å². The minimum atomic E-state index is -0.0875. The highest BCUT2D eigenvalue weighted by molar-refractivity contribution is 5.79. The molecule has 0 aliphatic heterocycles. The fourth-order valence-corrected chi connectivity index (χ4v) is 4.44. The topological polar surface area (TPSA) is 55.2 Å². The number of aryl methyl sites for hydroxylation is 1. The van der Waals surface area contributed by atoms with Crippen molar-refractivity contribution in [2.45, 2.75) is 50.6 Å². The number of amides is 1. The molecule has 0 N–H and O–H groups in total. The summed E-state index contributed by atoms with van der Waals surface area (Å²) in [5.74, 6) is 0.741. The van der Waals surface area contributed by atoms with Crippen molar-refractivity contribution in [3.05, 3.63) is 76.6 Å². The van der Waals surface area contributed by atoms with Crippen molar-refractivity contribution in [1.29, 1.82) is 0 Å². The number of rotatable bonds is 5. The van der Waals surface area contributed by atoms with Gasteiger partial charge in [-0.25, -0.2) is 0 Å². The van der Waals surface area contributed by atoms with Crippen LogP contribution in [0.15, 0.2) is 65.6 Å². The number of carbonyl (C=O) groups excluding carboxylic acids is 1. The lowest BCUT2D eigenvalue weighted by Crippen LogP contribution is -2.39. The van der Waals surface area contributed by atoms with E-state index in [2.05, 4.69) is 35.4 Å². The minimum absolute atomic E-state index is 0.0875. The fourth-order valence-electron chi connectivity index (χ4n) is 4.44. The highest BCUT2D eigenvalue weighted by Crippen LogP contribution is 2.34. The first-order chi connectivity index (χ1) is 14.1. The average Bonchev–Trinajstić information content (AvgIpc) is 2.79. The number of aromatic nitrogens is 2. The van der Waals surface area contributed by atoms with Crippen LogP contribution in [0, 0.1) is 0 Å². The molecule has 150 valence electrons. The third-order valence-electron chi connectivity index (χ3n) is 6.21. The Morgan fingerprint density at radius 1 is 1.03 bits per heavy atom. The molecule has 4 rings (SSSR count). The van der Waals surface area contributed by atoms with Crippen LogP contribution in [-0.4, -0.2) is 33.7 Å². The van der Waals surface area contributed by atoms with E-state index >= 15 is 0 Å². The fraction of sp³-hybridized carbons (Fsp3) is 0.375. The molecule has 3 aromatic rings. The van der Waals surface area contributed by atoms with Crippen molar-refractivity contribution >= 4 is 16.8 Å². The second kappa shape index (κ2) is 8.60. The number of hydrogen-bond donors (Lipinski definition) is 0. The van der Waals surface area contributed by atoms with Crippen LogP contribution in [0.4, 0.5) is 0 Å². The van der Waals surface area contributed by atoms with E-state index in [-0.39, 0.29) is 11.3 Å². The lowest BCUT2D eigenvalue weighted by molar-refractivity contribution is -0.132. The SMILES string of the molecule is CN(C(=O)CCn1ncc(=O)c2ccccc21)C1CCC(c2ccccc2)CC1. The van der Waals surface area contributed by atoms with Crippen LogP contribution in [0.3, 0.4) is 0 Å². The van der Waals surface area contributed by atoms with Crippen LogP contribution < -0.4 is 5.43 Å². The summed E-state index contributed by atoms with van der Waals surface area (Å²) in [4.78, 5) is 26.7. The summed E-state index contributed by atoms with van der Waals surface area (Å²) in [6.45, 7) is 0.476. The molecule has 1 saturated carbocycles. The highest BCUT2D eigenvalue weighted by Gasteiger charge is 2.27. The predicted molar refractivity (Wildman–Crippen MR) is 115 cm³/mol. The summed E-state index contributed by atoms with van der Waals surface area (Å²) < 4.78 is 1.76. The van der Waals surface area contributed by atoms with Crippen LogP contribution in [0.5, 0.6) is 0 Å². The first-order valence-electron chi connectivity index (χ1n) is 10.4. The van der Waals surface area contributed by atoms with Crippen LogP contribution in [0.25, 0.3) is 10.9 Å². The molecule has 0 atom stereocenters. The Balaban J connectivity index is 1.35. The summed E-state index contributed by atoms with van der Waals surface area (Å²) in [6, 6.07) is 18.4. The highest BCUT2D eigenvalue weighted by atomic mass is 16.2. The Hall–Kier alpha value is -2.95. The summed E-state index contributed by atoms with van der Waals surface area (Å²) >= 11 is 0. The van der Waals surface area contributed by atoms with Gasteiger partial charge in [0, 0.05) is 24.9 Å². The van der Waals surface area contributed by atoms with Crippen molar-refractivity contribution in [3.8, 4) is 0 Å². The van der Waals surface area contributed by atoms with Gasteiger partial charge in [-0.15, -0.1) is 0 Å². The van der Waals surface area contributed by atoms with Crippen molar-refractivity contribution in [3.63, 3.8) is 0 Å². The molecule has 0 radical (unpaired) electrons. The Labute approximate surface area is 171 Å². The van der Waals surface area contributed by atoms with Gasteiger partial charge in [-0.2, -0.15) is 5.10 Å². The van der Waals surface area contributed by atoms with E-state index in [0.717, 1.165) is 31.2 Å². The zero-order valence-electron chi connectivity index (χ0n) is 16.8. The van der Waals surface area contributed by atoms with Crippen LogP contribution in [0.2, 0.25) is 0 Å². The number of nitrogens with zero attached hydrogens (tertiary/aromatic N) is 3. The van der Waals surface area contributed by atoms with Gasteiger partial charge >= 0.3 is 0 Å². The molecule has 2 aromatic carbocycles. The van der Waals surface area contributed by atoms with Crippen molar-refractivity contribution in [2.75, 3.05) is 7.05 Å². The molecule has 0 unspecified atom stereocenters. The summed E-state index contributed by atoms with van der Waals surface area (Å²) in [5, 5.41) is 4.87. The number of para-hydroxylation sites is 1. The van der Waals surface area contributed by atoms with Gasteiger partial charge in [-0.3, -0.25) is 14.3 Å². The Morgan fingerprint density at radius 2 is 1.72 bits per heavy atom. The van der Waals surface area contributed by atoms with E-state index < -0.39 is 0 Å². The molecular formula is C24H27N3O2. The average molecular weight is 389 g/mol. The van der Waals surface area contributed by atoms with Crippen LogP contribution >= 0.6 is 0 Å². The molecule has 1 aliphatic carbocycles. The third kappa shape index (κ3) is 4.24. The zero-order valence-corrected chi connectivity index (χ0v) is 16.8. The number of hydrogen-bond acceptors (Lipinski definition) is 3. The second-order valence-electron chi connectivity index (χ2n) is 7.92. The van der Waals surface area contributed by atoms with Gasteiger partial charge < -0.3 is 4.90 Å². The molecule has 1 fully saturated rings. The standard InChI is InChI=1S/C24H27N3O2/c1-26(20-13-11-19(12-14-20)18-7-3-2-4-8-18)24(29)15-16-27-22-10-6-5-9-21(22)23(28)17-25-27/h2-10,17,19-20H,11-16H2,1H3. The smallest absolute Gasteiger partial charge is 0.224 e. The van der Waals surface area contributed by atoms with Gasteiger partial charge in [0.25, 0.3) is 0 Å². The summed E-state index contributed by atoms with van der Waals surface area (Å²) in [7, 11) is 1.92. The normalized spacial score (nSPS) is 19.2. The molecule has 1 aliphatic rings. The maximum atomic E-state index is 12.8. The van der Waals surface area contributed by atoms with Gasteiger partial charge in [0.1, 0.15) is 0 Å². The summed E-state index contributed by atoms with van der Waals surface area (Å²) in [5.41, 5.74) is 2.10. The molecular weight excluding hydrogens is 362 g/mol. The minimum Gasteiger partial charge on any atom is -0.343 e. The molecule has 5 nitrogen and oxygen atoms in total. The number of carbonyl (C=O) groups is 1. The number of benzene rings is 2.